The molecule has 0 aromatic rings. The first-order valence-corrected chi connectivity index (χ1v) is 6.44. The summed E-state index contributed by atoms with van der Waals surface area (Å²) in [6.45, 7) is 12.2. The molecule has 2 aliphatic rings. The molecule has 0 radical (unpaired) electrons. The highest BCUT2D eigenvalue weighted by Crippen LogP contribution is 2.62. The van der Waals surface area contributed by atoms with Gasteiger partial charge in [-0.15, -0.1) is 12.4 Å². The van der Waals surface area contributed by atoms with Gasteiger partial charge in [-0.1, -0.05) is 27.7 Å². The first kappa shape index (κ1) is 15.7. The van der Waals surface area contributed by atoms with E-state index >= 15 is 0 Å². The van der Waals surface area contributed by atoms with Gasteiger partial charge in [-0.3, -0.25) is 4.79 Å². The van der Waals surface area contributed by atoms with Crippen LogP contribution >= 0.6 is 12.4 Å². The Bertz CT molecular complexity index is 317. The van der Waals surface area contributed by atoms with Crippen molar-refractivity contribution < 1.29 is 9.53 Å². The molecular weight excluding hydrogens is 252 g/mol. The molecule has 4 nitrogen and oxygen atoms in total. The molecule has 1 saturated carbocycles. The molecule has 18 heavy (non-hydrogen) atoms. The second kappa shape index (κ2) is 4.99. The minimum atomic E-state index is -0.212. The van der Waals surface area contributed by atoms with Crippen LogP contribution in [0, 0.1) is 10.8 Å². The molecule has 5 heteroatoms. The maximum absolute atomic E-state index is 12.2. The molecule has 2 atom stereocenters. The molecule has 1 heterocycles. The van der Waals surface area contributed by atoms with Gasteiger partial charge in [0.1, 0.15) is 6.04 Å². The number of rotatable bonds is 2. The maximum atomic E-state index is 12.2. The van der Waals surface area contributed by atoms with E-state index in [0.29, 0.717) is 6.61 Å². The highest BCUT2D eigenvalue weighted by atomic mass is 35.5. The topological polar surface area (TPSA) is 50.4 Å². The fourth-order valence-electron chi connectivity index (χ4n) is 2.82. The predicted molar refractivity (Wildman–Crippen MR) is 73.9 cm³/mol. The van der Waals surface area contributed by atoms with E-state index < -0.39 is 0 Å². The lowest BCUT2D eigenvalue weighted by atomic mass is 10.0. The summed E-state index contributed by atoms with van der Waals surface area (Å²) in [7, 11) is 0. The van der Waals surface area contributed by atoms with E-state index in [1.165, 1.54) is 0 Å². The molecule has 1 aliphatic carbocycles. The quantitative estimate of drug-likeness (QED) is 0.800. The molecule has 2 rings (SSSR count). The minimum Gasteiger partial charge on any atom is -0.375 e. The Balaban J connectivity index is 0.00000162. The first-order chi connectivity index (χ1) is 7.78. The highest BCUT2D eigenvalue weighted by molar-refractivity contribution is 5.85. The summed E-state index contributed by atoms with van der Waals surface area (Å²) in [5.74, 6) is 0.0702. The van der Waals surface area contributed by atoms with Crippen molar-refractivity contribution in [1.29, 1.82) is 0 Å². The zero-order chi connectivity index (χ0) is 12.8. The highest BCUT2D eigenvalue weighted by Gasteiger charge is 2.65. The Labute approximate surface area is 116 Å². The van der Waals surface area contributed by atoms with Crippen LogP contribution < -0.4 is 10.6 Å². The van der Waals surface area contributed by atoms with Crippen LogP contribution in [0.5, 0.6) is 0 Å². The third kappa shape index (κ3) is 2.38. The van der Waals surface area contributed by atoms with Crippen molar-refractivity contribution in [2.24, 2.45) is 10.8 Å². The van der Waals surface area contributed by atoms with Gasteiger partial charge in [-0.25, -0.2) is 0 Å². The van der Waals surface area contributed by atoms with Crippen molar-refractivity contribution in [2.45, 2.75) is 52.8 Å². The van der Waals surface area contributed by atoms with Gasteiger partial charge in [-0.05, 0) is 17.8 Å². The fraction of sp³-hybridized carbons (Fsp3) is 0.923. The van der Waals surface area contributed by atoms with Crippen molar-refractivity contribution in [3.8, 4) is 0 Å². The van der Waals surface area contributed by atoms with Gasteiger partial charge >= 0.3 is 0 Å². The molecule has 0 aromatic carbocycles. The number of carbonyl (C=O) groups is 1. The summed E-state index contributed by atoms with van der Waals surface area (Å²) in [6.07, 6.45) is -0.0475. The molecule has 106 valence electrons. The van der Waals surface area contributed by atoms with E-state index in [0.717, 1.165) is 6.54 Å². The van der Waals surface area contributed by atoms with E-state index in [9.17, 15) is 4.79 Å². The summed E-state index contributed by atoms with van der Waals surface area (Å²) in [4.78, 5) is 12.2. The van der Waals surface area contributed by atoms with Crippen LogP contribution in [-0.4, -0.2) is 37.2 Å². The number of amides is 1. The first-order valence-electron chi connectivity index (χ1n) is 6.44. The fourth-order valence-corrected chi connectivity index (χ4v) is 2.82. The Kier molecular flexibility index (Phi) is 4.36. The molecular formula is C13H25ClN2O2. The zero-order valence-electron chi connectivity index (χ0n) is 11.9. The van der Waals surface area contributed by atoms with Crippen molar-refractivity contribution in [1.82, 2.24) is 10.6 Å². The number of halogens is 1. The molecule has 1 saturated heterocycles. The molecule has 1 amide bonds. The minimum absolute atomic E-state index is 0. The third-order valence-corrected chi connectivity index (χ3v) is 4.91. The zero-order valence-corrected chi connectivity index (χ0v) is 12.7. The van der Waals surface area contributed by atoms with E-state index in [1.807, 2.05) is 6.92 Å². The van der Waals surface area contributed by atoms with Gasteiger partial charge in [0, 0.05) is 12.6 Å². The van der Waals surface area contributed by atoms with Gasteiger partial charge in [0.15, 0.2) is 0 Å². The molecule has 0 unspecified atom stereocenters. The van der Waals surface area contributed by atoms with Crippen LogP contribution in [-0.2, 0) is 9.53 Å². The molecule has 0 bridgehead atoms. The SMILES string of the molecule is C[C@H]1OCCN[C@@H]1C(=O)NC1C(C)(C)C1(C)C.Cl. The van der Waals surface area contributed by atoms with Gasteiger partial charge in [0.2, 0.25) is 5.91 Å². The van der Waals surface area contributed by atoms with E-state index in [-0.39, 0.29) is 47.3 Å². The smallest absolute Gasteiger partial charge is 0.240 e. The number of carbonyl (C=O) groups excluding carboxylic acids is 1. The van der Waals surface area contributed by atoms with Crippen molar-refractivity contribution in [3.63, 3.8) is 0 Å². The average Bonchev–Trinajstić information content (AvgIpc) is 2.61. The number of hydrogen-bond acceptors (Lipinski definition) is 3. The standard InChI is InChI=1S/C13H24N2O2.ClH/c1-8-9(14-6-7-17-8)10(16)15-11-12(2,3)13(11,4)5;/h8-9,11,14H,6-7H2,1-5H3,(H,15,16);1H/t8-,9+;/m1./s1. The van der Waals surface area contributed by atoms with Gasteiger partial charge < -0.3 is 15.4 Å². The van der Waals surface area contributed by atoms with Gasteiger partial charge in [0.05, 0.1) is 12.7 Å². The van der Waals surface area contributed by atoms with Crippen molar-refractivity contribution >= 4 is 18.3 Å². The third-order valence-electron chi connectivity index (χ3n) is 4.91. The Hall–Kier alpha value is -0.320. The second-order valence-electron chi connectivity index (χ2n) is 6.39. The number of morpholine rings is 1. The second-order valence-corrected chi connectivity index (χ2v) is 6.39. The van der Waals surface area contributed by atoms with Gasteiger partial charge in [0.25, 0.3) is 0 Å². The van der Waals surface area contributed by atoms with Crippen molar-refractivity contribution in [3.05, 3.63) is 0 Å². The van der Waals surface area contributed by atoms with E-state index in [4.69, 9.17) is 4.74 Å². The van der Waals surface area contributed by atoms with Crippen LogP contribution in [0.15, 0.2) is 0 Å². The lowest BCUT2D eigenvalue weighted by Gasteiger charge is -2.29. The molecule has 2 fully saturated rings. The molecule has 1 aliphatic heterocycles. The van der Waals surface area contributed by atoms with Crippen LogP contribution in [0.4, 0.5) is 0 Å². The number of ether oxygens (including phenoxy) is 1. The largest absolute Gasteiger partial charge is 0.375 e. The lowest BCUT2D eigenvalue weighted by molar-refractivity contribution is -0.129. The lowest BCUT2D eigenvalue weighted by Crippen LogP contribution is -2.56. The summed E-state index contributed by atoms with van der Waals surface area (Å²) in [5, 5.41) is 6.37. The maximum Gasteiger partial charge on any atom is 0.240 e. The van der Waals surface area contributed by atoms with Crippen LogP contribution in [0.2, 0.25) is 0 Å². The number of nitrogens with one attached hydrogen (secondary N) is 2. The monoisotopic (exact) mass is 276 g/mol. The molecule has 0 aromatic heterocycles. The molecule has 0 spiro atoms. The summed E-state index contributed by atoms with van der Waals surface area (Å²) < 4.78 is 5.49. The van der Waals surface area contributed by atoms with E-state index in [1.54, 1.807) is 0 Å². The normalized spacial score (nSPS) is 33.4. The van der Waals surface area contributed by atoms with E-state index in [2.05, 4.69) is 38.3 Å². The summed E-state index contributed by atoms with van der Waals surface area (Å²) in [6, 6.07) is 0.0503. The Morgan fingerprint density at radius 2 is 1.83 bits per heavy atom. The molecule has 2 N–H and O–H groups in total. The van der Waals surface area contributed by atoms with Crippen molar-refractivity contribution in [2.75, 3.05) is 13.2 Å². The van der Waals surface area contributed by atoms with Gasteiger partial charge in [-0.2, -0.15) is 0 Å². The number of hydrogen-bond donors (Lipinski definition) is 2. The summed E-state index contributed by atoms with van der Waals surface area (Å²) >= 11 is 0. The van der Waals surface area contributed by atoms with Crippen LogP contribution in [0.25, 0.3) is 0 Å². The van der Waals surface area contributed by atoms with Crippen LogP contribution in [0.3, 0.4) is 0 Å². The Morgan fingerprint density at radius 1 is 1.28 bits per heavy atom. The summed E-state index contributed by atoms with van der Waals surface area (Å²) in [5.41, 5.74) is 0.364. The predicted octanol–water partition coefficient (Wildman–Crippen LogP) is 1.34. The average molecular weight is 277 g/mol. The Morgan fingerprint density at radius 3 is 2.28 bits per heavy atom. The van der Waals surface area contributed by atoms with Crippen LogP contribution in [0.1, 0.15) is 34.6 Å².